The lowest BCUT2D eigenvalue weighted by atomic mass is 10.1. The molecule has 0 bridgehead atoms. The van der Waals surface area contributed by atoms with Gasteiger partial charge in [0.15, 0.2) is 0 Å². The number of hydrogen-bond acceptors (Lipinski definition) is 3. The molecule has 0 aromatic heterocycles. The quantitative estimate of drug-likeness (QED) is 0.745. The maximum absolute atomic E-state index is 11.9. The first-order valence-electron chi connectivity index (χ1n) is 6.06. The Morgan fingerprint density at radius 1 is 1.33 bits per heavy atom. The molecule has 18 heavy (non-hydrogen) atoms. The van der Waals surface area contributed by atoms with Crippen molar-refractivity contribution in [2.45, 2.75) is 39.3 Å². The summed E-state index contributed by atoms with van der Waals surface area (Å²) in [5, 5.41) is 11.6. The van der Waals surface area contributed by atoms with Crippen molar-refractivity contribution in [2.24, 2.45) is 5.92 Å². The predicted molar refractivity (Wildman–Crippen MR) is 75.0 cm³/mol. The number of amides is 2. The zero-order chi connectivity index (χ0) is 14.3. The molecular formula is C12H24N2O3S. The Morgan fingerprint density at radius 3 is 2.28 bits per heavy atom. The fraction of sp³-hybridized carbons (Fsp3) is 0.833. The molecule has 0 spiro atoms. The Balaban J connectivity index is 4.41. The first-order chi connectivity index (χ1) is 8.31. The van der Waals surface area contributed by atoms with Gasteiger partial charge in [-0.05, 0) is 31.3 Å². The average Bonchev–Trinajstić information content (AvgIpc) is 2.30. The van der Waals surface area contributed by atoms with Crippen LogP contribution in [0.25, 0.3) is 0 Å². The average molecular weight is 276 g/mol. The molecule has 2 N–H and O–H groups in total. The summed E-state index contributed by atoms with van der Waals surface area (Å²) >= 11 is 1.73. The zero-order valence-corrected chi connectivity index (χ0v) is 12.6. The molecule has 0 aliphatic heterocycles. The van der Waals surface area contributed by atoms with E-state index in [1.807, 2.05) is 13.2 Å². The number of carbonyl (C=O) groups is 2. The van der Waals surface area contributed by atoms with Crippen molar-refractivity contribution in [1.29, 1.82) is 0 Å². The fourth-order valence-corrected chi connectivity index (χ4v) is 2.01. The number of nitrogens with zero attached hydrogens (tertiary/aromatic N) is 1. The maximum Gasteiger partial charge on any atom is 0.326 e. The first-order valence-corrected chi connectivity index (χ1v) is 7.45. The van der Waals surface area contributed by atoms with Gasteiger partial charge in [0.1, 0.15) is 6.04 Å². The molecule has 0 aliphatic rings. The van der Waals surface area contributed by atoms with Crippen LogP contribution in [0.1, 0.15) is 27.2 Å². The van der Waals surface area contributed by atoms with E-state index in [1.165, 1.54) is 0 Å². The minimum Gasteiger partial charge on any atom is -0.480 e. The van der Waals surface area contributed by atoms with E-state index >= 15 is 0 Å². The molecule has 2 atom stereocenters. The summed E-state index contributed by atoms with van der Waals surface area (Å²) in [6.45, 7) is 5.51. The largest absolute Gasteiger partial charge is 0.480 e. The smallest absolute Gasteiger partial charge is 0.326 e. The summed E-state index contributed by atoms with van der Waals surface area (Å²) in [6, 6.07) is -1.07. The maximum atomic E-state index is 11.9. The number of hydrogen-bond donors (Lipinski definition) is 2. The van der Waals surface area contributed by atoms with Gasteiger partial charge in [0.2, 0.25) is 0 Å². The molecule has 0 aromatic carbocycles. The van der Waals surface area contributed by atoms with E-state index in [2.05, 4.69) is 5.32 Å². The van der Waals surface area contributed by atoms with Crippen molar-refractivity contribution < 1.29 is 14.7 Å². The van der Waals surface area contributed by atoms with E-state index in [-0.39, 0.29) is 18.0 Å². The van der Waals surface area contributed by atoms with E-state index in [0.29, 0.717) is 0 Å². The third kappa shape index (κ3) is 5.62. The lowest BCUT2D eigenvalue weighted by Crippen LogP contribution is -2.51. The van der Waals surface area contributed by atoms with Crippen molar-refractivity contribution >= 4 is 23.8 Å². The highest BCUT2D eigenvalue weighted by Crippen LogP contribution is 2.08. The summed E-state index contributed by atoms with van der Waals surface area (Å²) in [5.74, 6) is -0.157. The Morgan fingerprint density at radius 2 is 1.89 bits per heavy atom. The predicted octanol–water partition coefficient (Wildman–Crippen LogP) is 1.88. The Labute approximate surface area is 113 Å². The van der Waals surface area contributed by atoms with Gasteiger partial charge in [-0.15, -0.1) is 0 Å². The molecule has 6 heteroatoms. The van der Waals surface area contributed by atoms with Gasteiger partial charge in [0.05, 0.1) is 0 Å². The van der Waals surface area contributed by atoms with Crippen LogP contribution >= 0.6 is 11.8 Å². The van der Waals surface area contributed by atoms with Gasteiger partial charge in [0.25, 0.3) is 0 Å². The summed E-state index contributed by atoms with van der Waals surface area (Å²) < 4.78 is 0. The van der Waals surface area contributed by atoms with Crippen molar-refractivity contribution in [3.05, 3.63) is 0 Å². The molecule has 0 heterocycles. The molecule has 2 amide bonds. The number of carboxylic acids is 1. The molecule has 5 nitrogen and oxygen atoms in total. The molecule has 0 fully saturated rings. The van der Waals surface area contributed by atoms with Crippen LogP contribution in [0, 0.1) is 5.92 Å². The molecule has 106 valence electrons. The summed E-state index contributed by atoms with van der Waals surface area (Å²) in [6.07, 6.45) is 2.91. The van der Waals surface area contributed by atoms with Gasteiger partial charge in [0, 0.05) is 13.1 Å². The van der Waals surface area contributed by atoms with Crippen LogP contribution in [-0.4, -0.2) is 53.1 Å². The van der Waals surface area contributed by atoms with Crippen LogP contribution in [0.15, 0.2) is 0 Å². The number of carboxylic acid groups (broad SMARTS) is 1. The summed E-state index contributed by atoms with van der Waals surface area (Å²) in [7, 11) is 1.69. The van der Waals surface area contributed by atoms with Gasteiger partial charge in [-0.1, -0.05) is 13.8 Å². The molecular weight excluding hydrogens is 252 g/mol. The number of rotatable bonds is 7. The highest BCUT2D eigenvalue weighted by Gasteiger charge is 2.26. The van der Waals surface area contributed by atoms with Crippen LogP contribution in [0.5, 0.6) is 0 Å². The van der Waals surface area contributed by atoms with Crippen LogP contribution in [0.2, 0.25) is 0 Å². The normalized spacial score (nSPS) is 14.1. The Hall–Kier alpha value is -0.910. The van der Waals surface area contributed by atoms with E-state index in [4.69, 9.17) is 5.11 Å². The van der Waals surface area contributed by atoms with E-state index in [1.54, 1.807) is 37.6 Å². The third-order valence-electron chi connectivity index (χ3n) is 2.93. The number of thioether (sulfide) groups is 1. The summed E-state index contributed by atoms with van der Waals surface area (Å²) in [4.78, 5) is 24.5. The SMILES string of the molecule is CSCCC(C)N(C)C(=O)NC(C(=O)O)C(C)C. The van der Waals surface area contributed by atoms with E-state index in [9.17, 15) is 9.59 Å². The number of urea groups is 1. The number of carbonyl (C=O) groups excluding carboxylic acids is 1. The van der Waals surface area contributed by atoms with Gasteiger partial charge < -0.3 is 15.3 Å². The minimum atomic E-state index is -0.997. The van der Waals surface area contributed by atoms with Crippen LogP contribution in [-0.2, 0) is 4.79 Å². The second-order valence-electron chi connectivity index (χ2n) is 4.75. The standard InChI is InChI=1S/C12H24N2O3S/c1-8(2)10(11(15)16)13-12(17)14(4)9(3)6-7-18-5/h8-10H,6-7H2,1-5H3,(H,13,17)(H,15,16). The highest BCUT2D eigenvalue weighted by molar-refractivity contribution is 7.98. The van der Waals surface area contributed by atoms with Gasteiger partial charge in [-0.25, -0.2) is 9.59 Å². The molecule has 0 radical (unpaired) electrons. The van der Waals surface area contributed by atoms with Gasteiger partial charge in [-0.2, -0.15) is 11.8 Å². The molecule has 0 saturated heterocycles. The van der Waals surface area contributed by atoms with Crippen LogP contribution in [0.3, 0.4) is 0 Å². The molecule has 0 aliphatic carbocycles. The van der Waals surface area contributed by atoms with Crippen molar-refractivity contribution in [2.75, 3.05) is 19.1 Å². The molecule has 0 rings (SSSR count). The third-order valence-corrected chi connectivity index (χ3v) is 3.58. The fourth-order valence-electron chi connectivity index (χ4n) is 1.43. The van der Waals surface area contributed by atoms with Gasteiger partial charge >= 0.3 is 12.0 Å². The lowest BCUT2D eigenvalue weighted by Gasteiger charge is -2.27. The van der Waals surface area contributed by atoms with Crippen LogP contribution in [0.4, 0.5) is 4.79 Å². The van der Waals surface area contributed by atoms with Crippen LogP contribution < -0.4 is 5.32 Å². The number of aliphatic carboxylic acids is 1. The zero-order valence-electron chi connectivity index (χ0n) is 11.8. The minimum absolute atomic E-state index is 0.0963. The first kappa shape index (κ1) is 17.1. The highest BCUT2D eigenvalue weighted by atomic mass is 32.2. The second kappa shape index (κ2) is 8.24. The Kier molecular flexibility index (Phi) is 7.82. The van der Waals surface area contributed by atoms with Crippen molar-refractivity contribution in [3.63, 3.8) is 0 Å². The van der Waals surface area contributed by atoms with Gasteiger partial charge in [-0.3, -0.25) is 0 Å². The van der Waals surface area contributed by atoms with Crippen molar-refractivity contribution in [3.8, 4) is 0 Å². The van der Waals surface area contributed by atoms with E-state index in [0.717, 1.165) is 12.2 Å². The summed E-state index contributed by atoms with van der Waals surface area (Å²) in [5.41, 5.74) is 0. The lowest BCUT2D eigenvalue weighted by molar-refractivity contribution is -0.140. The topological polar surface area (TPSA) is 69.6 Å². The molecule has 2 unspecified atom stereocenters. The Bertz CT molecular complexity index is 284. The second-order valence-corrected chi connectivity index (χ2v) is 5.74. The van der Waals surface area contributed by atoms with Crippen molar-refractivity contribution in [1.82, 2.24) is 10.2 Å². The monoisotopic (exact) mass is 276 g/mol. The van der Waals surface area contributed by atoms with E-state index < -0.39 is 12.0 Å². The molecule has 0 saturated carbocycles. The molecule has 0 aromatic rings. The number of nitrogens with one attached hydrogen (secondary N) is 1.